The van der Waals surface area contributed by atoms with E-state index in [2.05, 4.69) is 11.6 Å². The minimum atomic E-state index is -1.21. The van der Waals surface area contributed by atoms with Crippen molar-refractivity contribution in [1.82, 2.24) is 4.90 Å². The molecule has 2 N–H and O–H groups in total. The third-order valence-electron chi connectivity index (χ3n) is 3.72. The van der Waals surface area contributed by atoms with Gasteiger partial charge in [-0.2, -0.15) is 0 Å². The highest BCUT2D eigenvalue weighted by Crippen LogP contribution is 2.35. The van der Waals surface area contributed by atoms with Crippen LogP contribution in [0.3, 0.4) is 0 Å². The summed E-state index contributed by atoms with van der Waals surface area (Å²) in [5.41, 5.74) is 0.893. The summed E-state index contributed by atoms with van der Waals surface area (Å²) in [6.07, 6.45) is 3.34. The maximum absolute atomic E-state index is 12.7. The fraction of sp³-hybridized carbons (Fsp3) is 0.0500. The zero-order valence-electron chi connectivity index (χ0n) is 14.2. The standard InChI is InChI=1S/C20H16N2O4S/c1-2-10-22-18(24)17(11-13-6-4-3-5-7-13)27-20(22)21-16-9-8-14(23)12-15(16)19(25)26/h2-9,11-12,23H,1,10H2,(H,25,26)/b17-11-,21-20?. The Hall–Kier alpha value is -3.32. The first-order valence-corrected chi connectivity index (χ1v) is 8.83. The van der Waals surface area contributed by atoms with E-state index < -0.39 is 5.97 Å². The van der Waals surface area contributed by atoms with E-state index in [4.69, 9.17) is 0 Å². The van der Waals surface area contributed by atoms with E-state index in [0.717, 1.165) is 11.6 Å². The summed E-state index contributed by atoms with van der Waals surface area (Å²) in [6, 6.07) is 13.3. The number of thioether (sulfide) groups is 1. The van der Waals surface area contributed by atoms with Gasteiger partial charge in [-0.15, -0.1) is 6.58 Å². The van der Waals surface area contributed by atoms with Crippen LogP contribution < -0.4 is 0 Å². The molecule has 1 fully saturated rings. The van der Waals surface area contributed by atoms with Crippen LogP contribution in [0, 0.1) is 0 Å². The van der Waals surface area contributed by atoms with E-state index >= 15 is 0 Å². The van der Waals surface area contributed by atoms with Crippen LogP contribution in [0.4, 0.5) is 5.69 Å². The van der Waals surface area contributed by atoms with Crippen LogP contribution in [0.2, 0.25) is 0 Å². The van der Waals surface area contributed by atoms with Gasteiger partial charge in [0.25, 0.3) is 5.91 Å². The minimum absolute atomic E-state index is 0.144. The van der Waals surface area contributed by atoms with Crippen LogP contribution in [0.15, 0.2) is 71.1 Å². The number of hydrogen-bond acceptors (Lipinski definition) is 5. The van der Waals surface area contributed by atoms with Gasteiger partial charge in [0.05, 0.1) is 16.2 Å². The van der Waals surface area contributed by atoms with Crippen molar-refractivity contribution in [3.05, 3.63) is 77.2 Å². The first kappa shape index (κ1) is 18.5. The van der Waals surface area contributed by atoms with Crippen molar-refractivity contribution in [2.75, 3.05) is 6.54 Å². The van der Waals surface area contributed by atoms with Gasteiger partial charge >= 0.3 is 5.97 Å². The Morgan fingerprint density at radius 1 is 1.22 bits per heavy atom. The highest BCUT2D eigenvalue weighted by Gasteiger charge is 2.33. The van der Waals surface area contributed by atoms with Gasteiger partial charge in [0, 0.05) is 6.54 Å². The number of benzene rings is 2. The number of carbonyl (C=O) groups is 2. The van der Waals surface area contributed by atoms with Gasteiger partial charge in [0.2, 0.25) is 0 Å². The van der Waals surface area contributed by atoms with Crippen molar-refractivity contribution in [2.24, 2.45) is 4.99 Å². The lowest BCUT2D eigenvalue weighted by Crippen LogP contribution is -2.29. The number of aliphatic imine (C=N–C) groups is 1. The zero-order chi connectivity index (χ0) is 19.4. The normalized spacial score (nSPS) is 16.9. The molecule has 3 rings (SSSR count). The number of carboxylic acids is 1. The van der Waals surface area contributed by atoms with Gasteiger partial charge in [0.1, 0.15) is 5.75 Å². The molecule has 0 unspecified atom stereocenters. The van der Waals surface area contributed by atoms with E-state index in [1.165, 1.54) is 28.8 Å². The number of aromatic hydroxyl groups is 1. The average Bonchev–Trinajstić information content (AvgIpc) is 2.93. The van der Waals surface area contributed by atoms with Crippen LogP contribution in [0.25, 0.3) is 6.08 Å². The number of carbonyl (C=O) groups excluding carboxylic acids is 1. The van der Waals surface area contributed by atoms with Crippen molar-refractivity contribution in [2.45, 2.75) is 0 Å². The Kier molecular flexibility index (Phi) is 5.42. The molecule has 0 saturated carbocycles. The number of hydrogen-bond donors (Lipinski definition) is 2. The quantitative estimate of drug-likeness (QED) is 0.607. The third-order valence-corrected chi connectivity index (χ3v) is 4.73. The number of amides is 1. The number of aromatic carboxylic acids is 1. The van der Waals surface area contributed by atoms with Gasteiger partial charge in [-0.05, 0) is 41.6 Å². The van der Waals surface area contributed by atoms with Crippen LogP contribution in [-0.4, -0.2) is 38.7 Å². The van der Waals surface area contributed by atoms with E-state index in [1.54, 1.807) is 12.2 Å². The second-order valence-corrected chi connectivity index (χ2v) is 6.64. The first-order valence-electron chi connectivity index (χ1n) is 8.02. The highest BCUT2D eigenvalue weighted by molar-refractivity contribution is 8.18. The summed E-state index contributed by atoms with van der Waals surface area (Å²) < 4.78 is 0. The lowest BCUT2D eigenvalue weighted by Gasteiger charge is -2.13. The molecule has 2 aromatic carbocycles. The Morgan fingerprint density at radius 2 is 1.96 bits per heavy atom. The highest BCUT2D eigenvalue weighted by atomic mass is 32.2. The molecule has 1 amide bonds. The van der Waals surface area contributed by atoms with Crippen molar-refractivity contribution < 1.29 is 19.8 Å². The summed E-state index contributed by atoms with van der Waals surface area (Å²) >= 11 is 1.17. The van der Waals surface area contributed by atoms with Gasteiger partial charge in [-0.25, -0.2) is 9.79 Å². The molecular weight excluding hydrogens is 364 g/mol. The smallest absolute Gasteiger partial charge is 0.338 e. The molecule has 1 saturated heterocycles. The number of phenols is 1. The Bertz CT molecular complexity index is 967. The summed E-state index contributed by atoms with van der Waals surface area (Å²) in [7, 11) is 0. The summed E-state index contributed by atoms with van der Waals surface area (Å²) in [5.74, 6) is -1.60. The lowest BCUT2D eigenvalue weighted by molar-refractivity contribution is -0.121. The molecule has 2 aromatic rings. The molecule has 1 aliphatic heterocycles. The fourth-order valence-corrected chi connectivity index (χ4v) is 3.48. The SMILES string of the molecule is C=CCN1C(=O)/C(=C/c2ccccc2)SC1=Nc1ccc(O)cc1C(=O)O. The van der Waals surface area contributed by atoms with Crippen LogP contribution in [0.5, 0.6) is 5.75 Å². The minimum Gasteiger partial charge on any atom is -0.508 e. The third kappa shape index (κ3) is 4.09. The van der Waals surface area contributed by atoms with Gasteiger partial charge in [0.15, 0.2) is 5.17 Å². The van der Waals surface area contributed by atoms with Crippen LogP contribution >= 0.6 is 11.8 Å². The maximum atomic E-state index is 12.7. The number of phenolic OH excluding ortho intramolecular Hbond substituents is 1. The molecule has 0 atom stereocenters. The van der Waals surface area contributed by atoms with Crippen molar-refractivity contribution in [3.8, 4) is 5.75 Å². The predicted octanol–water partition coefficient (Wildman–Crippen LogP) is 3.88. The summed E-state index contributed by atoms with van der Waals surface area (Å²) in [4.78, 5) is 30.4. The van der Waals surface area contributed by atoms with E-state index in [0.29, 0.717) is 10.1 Å². The number of carboxylic acid groups (broad SMARTS) is 1. The number of nitrogens with zero attached hydrogens (tertiary/aromatic N) is 2. The largest absolute Gasteiger partial charge is 0.508 e. The van der Waals surface area contributed by atoms with Crippen molar-refractivity contribution >= 4 is 40.6 Å². The lowest BCUT2D eigenvalue weighted by atomic mass is 10.2. The molecule has 0 aliphatic carbocycles. The Balaban J connectivity index is 2.03. The predicted molar refractivity (Wildman–Crippen MR) is 106 cm³/mol. The van der Waals surface area contributed by atoms with Gasteiger partial charge < -0.3 is 10.2 Å². The average molecular weight is 380 g/mol. The second-order valence-electron chi connectivity index (χ2n) is 5.63. The molecule has 7 heteroatoms. The molecule has 6 nitrogen and oxygen atoms in total. The molecule has 1 heterocycles. The van der Waals surface area contributed by atoms with Crippen molar-refractivity contribution in [3.63, 3.8) is 0 Å². The topological polar surface area (TPSA) is 90.2 Å². The van der Waals surface area contributed by atoms with Crippen LogP contribution in [-0.2, 0) is 4.79 Å². The fourth-order valence-electron chi connectivity index (χ4n) is 2.48. The van der Waals surface area contributed by atoms with Crippen LogP contribution in [0.1, 0.15) is 15.9 Å². The van der Waals surface area contributed by atoms with E-state index in [-0.39, 0.29) is 29.5 Å². The van der Waals surface area contributed by atoms with Crippen molar-refractivity contribution in [1.29, 1.82) is 0 Å². The number of amidine groups is 1. The molecule has 0 aromatic heterocycles. The van der Waals surface area contributed by atoms with Gasteiger partial charge in [-0.3, -0.25) is 9.69 Å². The molecule has 136 valence electrons. The summed E-state index contributed by atoms with van der Waals surface area (Å²) in [6.45, 7) is 3.91. The molecule has 1 aliphatic rings. The maximum Gasteiger partial charge on any atom is 0.338 e. The first-order chi connectivity index (χ1) is 13.0. The molecular formula is C20H16N2O4S. The molecule has 27 heavy (non-hydrogen) atoms. The summed E-state index contributed by atoms with van der Waals surface area (Å²) in [5, 5.41) is 19.2. The second kappa shape index (κ2) is 7.92. The van der Waals surface area contributed by atoms with Gasteiger partial charge in [-0.1, -0.05) is 36.4 Å². The molecule has 0 spiro atoms. The van der Waals surface area contributed by atoms with E-state index in [1.807, 2.05) is 30.3 Å². The zero-order valence-corrected chi connectivity index (χ0v) is 15.0. The van der Waals surface area contributed by atoms with E-state index in [9.17, 15) is 19.8 Å². The monoisotopic (exact) mass is 380 g/mol. The number of rotatable bonds is 5. The molecule has 0 bridgehead atoms. The Morgan fingerprint density at radius 3 is 2.63 bits per heavy atom. The Labute approximate surface area is 160 Å². The molecule has 0 radical (unpaired) electrons.